The number of ether oxygens (including phenoxy) is 5. The first kappa shape index (κ1) is 59.2. The predicted octanol–water partition coefficient (Wildman–Crippen LogP) is 6.22. The van der Waals surface area contributed by atoms with Gasteiger partial charge >= 0.3 is 5.97 Å². The summed E-state index contributed by atoms with van der Waals surface area (Å²) in [6.45, 7) is 14.2. The Kier molecular flexibility index (Phi) is 23.8. The molecule has 4 rings (SSSR count). The number of aliphatic hydroxyl groups excluding tert-OH is 4. The van der Waals surface area contributed by atoms with Gasteiger partial charge in [0.2, 0.25) is 0 Å². The number of methoxy groups -OCH3 is 2. The fourth-order valence-corrected chi connectivity index (χ4v) is 10.7. The van der Waals surface area contributed by atoms with Gasteiger partial charge in [0.15, 0.2) is 5.78 Å². The Morgan fingerprint density at radius 2 is 1.57 bits per heavy atom. The Morgan fingerprint density at radius 1 is 0.857 bits per heavy atom. The number of hydrogen-bond donors (Lipinski definition) is 4. The topological polar surface area (TPSA) is 216 Å². The number of rotatable bonds is 10. The van der Waals surface area contributed by atoms with Crippen molar-refractivity contribution in [1.82, 2.24) is 4.90 Å². The molecule has 0 aromatic carbocycles. The number of carbonyl (C=O) groups is 5. The first-order valence-corrected chi connectivity index (χ1v) is 25.9. The summed E-state index contributed by atoms with van der Waals surface area (Å²) < 4.78 is 30.5. The lowest BCUT2D eigenvalue weighted by Gasteiger charge is -2.44. The number of allylic oxidation sites excluding steroid dienone is 6. The average molecular weight is 986 g/mol. The molecule has 1 amide bonds. The molecule has 15 heteroatoms. The van der Waals surface area contributed by atoms with Crippen molar-refractivity contribution in [2.75, 3.05) is 40.6 Å². The average Bonchev–Trinajstić information content (AvgIpc) is 3.34. The number of carbonyl (C=O) groups excluding carboxylic acids is 5. The molecule has 3 aliphatic heterocycles. The molecule has 4 N–H and O–H groups in total. The zero-order valence-corrected chi connectivity index (χ0v) is 43.8. The van der Waals surface area contributed by atoms with Crippen LogP contribution in [0.15, 0.2) is 47.6 Å². The normalized spacial score (nSPS) is 38.5. The lowest BCUT2D eigenvalue weighted by atomic mass is 9.78. The molecule has 1 unspecified atom stereocenters. The first-order valence-electron chi connectivity index (χ1n) is 25.9. The quantitative estimate of drug-likeness (QED) is 0.109. The Balaban J connectivity index is 1.73. The summed E-state index contributed by atoms with van der Waals surface area (Å²) in [6, 6.07) is -1.07. The number of amides is 1. The molecule has 0 aromatic rings. The van der Waals surface area contributed by atoms with Crippen molar-refractivity contribution >= 4 is 29.2 Å². The van der Waals surface area contributed by atoms with E-state index >= 15 is 0 Å². The van der Waals surface area contributed by atoms with Gasteiger partial charge < -0.3 is 49.0 Å². The molecule has 2 saturated heterocycles. The van der Waals surface area contributed by atoms with Gasteiger partial charge in [0.25, 0.3) is 11.7 Å². The van der Waals surface area contributed by atoms with Gasteiger partial charge in [-0.15, -0.1) is 0 Å². The third kappa shape index (κ3) is 16.0. The van der Waals surface area contributed by atoms with Crippen molar-refractivity contribution in [2.24, 2.45) is 41.4 Å². The summed E-state index contributed by atoms with van der Waals surface area (Å²) >= 11 is 0. The lowest BCUT2D eigenvalue weighted by Crippen LogP contribution is -2.59. The van der Waals surface area contributed by atoms with E-state index in [-0.39, 0.29) is 80.5 Å². The van der Waals surface area contributed by atoms with E-state index in [9.17, 15) is 44.4 Å². The third-order valence-corrected chi connectivity index (χ3v) is 15.7. The molecular weight excluding hydrogens is 899 g/mol. The van der Waals surface area contributed by atoms with Crippen molar-refractivity contribution in [3.05, 3.63) is 47.6 Å². The van der Waals surface area contributed by atoms with E-state index in [0.29, 0.717) is 63.4 Å². The van der Waals surface area contributed by atoms with E-state index in [0.717, 1.165) is 12.0 Å². The van der Waals surface area contributed by atoms with Gasteiger partial charge in [-0.25, -0.2) is 4.79 Å². The second kappa shape index (κ2) is 28.2. The number of ketones is 3. The highest BCUT2D eigenvalue weighted by molar-refractivity contribution is 6.39. The maximum absolute atomic E-state index is 14.6. The molecule has 4 aliphatic rings. The number of nitrogens with zero attached hydrogens (tertiary/aromatic N) is 1. The molecule has 1 saturated carbocycles. The molecule has 3 heterocycles. The molecule has 15 atom stereocenters. The minimum Gasteiger partial charge on any atom is -0.460 e. The number of esters is 1. The summed E-state index contributed by atoms with van der Waals surface area (Å²) in [7, 11) is 2.95. The number of fused-ring (bicyclic) bond motifs is 3. The van der Waals surface area contributed by atoms with Crippen LogP contribution in [0.25, 0.3) is 0 Å². The van der Waals surface area contributed by atoms with Gasteiger partial charge in [0.05, 0.1) is 44.2 Å². The summed E-state index contributed by atoms with van der Waals surface area (Å²) in [6.07, 6.45) is 11.6. The van der Waals surface area contributed by atoms with Crippen molar-refractivity contribution in [3.8, 4) is 0 Å². The van der Waals surface area contributed by atoms with Crippen LogP contribution in [0.5, 0.6) is 0 Å². The minimum absolute atomic E-state index is 0.00956. The van der Waals surface area contributed by atoms with Gasteiger partial charge in [-0.3, -0.25) is 19.2 Å². The predicted molar refractivity (Wildman–Crippen MR) is 265 cm³/mol. The van der Waals surface area contributed by atoms with E-state index < -0.39 is 83.7 Å². The molecule has 2 bridgehead atoms. The van der Waals surface area contributed by atoms with Crippen LogP contribution in [0.4, 0.5) is 0 Å². The van der Waals surface area contributed by atoms with Crippen LogP contribution < -0.4 is 0 Å². The van der Waals surface area contributed by atoms with Crippen LogP contribution in [0.3, 0.4) is 0 Å². The van der Waals surface area contributed by atoms with Crippen LogP contribution >= 0.6 is 0 Å². The van der Waals surface area contributed by atoms with Crippen molar-refractivity contribution in [3.63, 3.8) is 0 Å². The van der Waals surface area contributed by atoms with Gasteiger partial charge in [-0.2, -0.15) is 0 Å². The maximum Gasteiger partial charge on any atom is 0.329 e. The van der Waals surface area contributed by atoms with Crippen LogP contribution in [-0.4, -0.2) is 150 Å². The summed E-state index contributed by atoms with van der Waals surface area (Å²) in [5, 5.41) is 41.7. The second-order valence-corrected chi connectivity index (χ2v) is 21.3. The molecule has 396 valence electrons. The molecule has 15 nitrogen and oxygen atoms in total. The number of cyclic esters (lactones) is 1. The van der Waals surface area contributed by atoms with Gasteiger partial charge in [-0.1, -0.05) is 71.1 Å². The zero-order valence-electron chi connectivity index (χ0n) is 43.8. The molecule has 3 fully saturated rings. The molecule has 0 aromatic heterocycles. The van der Waals surface area contributed by atoms with Crippen LogP contribution in [0, 0.1) is 41.4 Å². The number of Topliss-reactive ketones (excluding diaryl/α,β-unsaturated/α-hetero) is 3. The molecule has 1 aliphatic carbocycles. The molecule has 0 radical (unpaired) electrons. The van der Waals surface area contributed by atoms with E-state index in [4.69, 9.17) is 23.7 Å². The Morgan fingerprint density at radius 3 is 2.24 bits per heavy atom. The van der Waals surface area contributed by atoms with Gasteiger partial charge in [0.1, 0.15) is 35.7 Å². The van der Waals surface area contributed by atoms with E-state index in [2.05, 4.69) is 0 Å². The van der Waals surface area contributed by atoms with Gasteiger partial charge in [0, 0.05) is 51.4 Å². The summed E-state index contributed by atoms with van der Waals surface area (Å²) in [5.74, 6) is -5.05. The van der Waals surface area contributed by atoms with Crippen molar-refractivity contribution < 1.29 is 68.1 Å². The van der Waals surface area contributed by atoms with E-state index in [1.54, 1.807) is 34.0 Å². The second-order valence-electron chi connectivity index (χ2n) is 21.3. The number of piperidine rings is 1. The third-order valence-electron chi connectivity index (χ3n) is 15.7. The van der Waals surface area contributed by atoms with Crippen LogP contribution in [-0.2, 0) is 47.7 Å². The van der Waals surface area contributed by atoms with Crippen LogP contribution in [0.1, 0.15) is 132 Å². The smallest absolute Gasteiger partial charge is 0.329 e. The highest BCUT2D eigenvalue weighted by Crippen LogP contribution is 2.39. The van der Waals surface area contributed by atoms with E-state index in [1.165, 1.54) is 12.0 Å². The fraction of sp³-hybridized carbons (Fsp3) is 0.764. The highest BCUT2D eigenvalue weighted by Gasteiger charge is 2.51. The first-order chi connectivity index (χ1) is 33.2. The minimum atomic E-state index is -1.52. The number of hydrogen-bond acceptors (Lipinski definition) is 14. The fourth-order valence-electron chi connectivity index (χ4n) is 10.7. The van der Waals surface area contributed by atoms with Crippen LogP contribution in [0.2, 0.25) is 0 Å². The molecule has 70 heavy (non-hydrogen) atoms. The Labute approximate surface area is 417 Å². The summed E-state index contributed by atoms with van der Waals surface area (Å²) in [5.41, 5.74) is -0.295. The van der Waals surface area contributed by atoms with E-state index in [1.807, 2.05) is 65.0 Å². The van der Waals surface area contributed by atoms with Crippen molar-refractivity contribution in [1.29, 1.82) is 0 Å². The number of aliphatic hydroxyl groups is 4. The molecule has 0 spiro atoms. The summed E-state index contributed by atoms with van der Waals surface area (Å²) in [4.78, 5) is 72.9. The SMILES string of the molecule is CO[C@@H]1C[C@H](C[C@@H](C)[C@@H]2CC(=O)[C@H](C)/C=C(\C)[C@@H](O)[C@@H](OC)C(=O)[C@H](C)C[C@H](C)/C=C/C=C/C=C(\C)C(OCC(CO)CO)C[C@@H]3CC[C@@H](C)[C@@](C)(O3)C(=O)C(=O)N3CCCC[C@H]3C(=O)O2)CC[C@H]1O. The highest BCUT2D eigenvalue weighted by atomic mass is 16.5. The standard InChI is InChI=1S/C55H87NO14/c1-33-16-12-11-13-17-34(2)46(68-32-41(30-57)31-58)28-42-21-19-39(7)55(8,70-42)52(63)53(64)56-23-15-14-18-43(56)54(65)69-47(36(4)26-40-20-22-44(59)48(27-40)66-9)29-45(60)35(3)25-38(6)50(62)51(67-10)49(61)37(5)24-33/h11-13,16-17,25,33,35-37,39-44,46-48,50-51,57-59,62H,14-15,18-24,26-32H2,1-10H3/b13-11+,16-12+,34-17+,38-25+/t33-,35-,36-,37-,39-,40+,42+,43+,44-,46?,47+,48-,50-,51+,55-/m1/s1. The molecular formula is C55H87NO14. The maximum atomic E-state index is 14.6. The monoisotopic (exact) mass is 986 g/mol. The van der Waals surface area contributed by atoms with Crippen molar-refractivity contribution in [2.45, 2.75) is 187 Å². The van der Waals surface area contributed by atoms with Gasteiger partial charge in [-0.05, 0) is 120 Å². The zero-order chi connectivity index (χ0) is 51.9. The Hall–Kier alpha value is -3.41. The Bertz CT molecular complexity index is 1860. The lowest BCUT2D eigenvalue weighted by molar-refractivity contribution is -0.185. The largest absolute Gasteiger partial charge is 0.460 e.